The molecule has 3 rings (SSSR count). The van der Waals surface area contributed by atoms with Crippen LogP contribution in [0.1, 0.15) is 21.6 Å². The van der Waals surface area contributed by atoms with Crippen molar-refractivity contribution >= 4 is 23.3 Å². The van der Waals surface area contributed by atoms with Crippen molar-refractivity contribution in [1.82, 2.24) is 20.3 Å². The van der Waals surface area contributed by atoms with Gasteiger partial charge in [-0.25, -0.2) is 9.97 Å². The molecule has 2 N–H and O–H groups in total. The maximum absolute atomic E-state index is 12.1. The van der Waals surface area contributed by atoms with Gasteiger partial charge in [-0.2, -0.15) is 0 Å². The van der Waals surface area contributed by atoms with Crippen LogP contribution in [0.4, 0.5) is 5.82 Å². The van der Waals surface area contributed by atoms with Crippen LogP contribution in [0.25, 0.3) is 0 Å². The number of halogens is 1. The SMILES string of the molecule is O=C(NCc1ccncc1)c1cnc(NCCc2cccc(Cl)c2)cn1. The first kappa shape index (κ1) is 17.8. The third-order valence-electron chi connectivity index (χ3n) is 3.70. The number of nitrogens with one attached hydrogen (secondary N) is 2. The Morgan fingerprint density at radius 3 is 2.62 bits per heavy atom. The summed E-state index contributed by atoms with van der Waals surface area (Å²) in [5.41, 5.74) is 2.39. The lowest BCUT2D eigenvalue weighted by molar-refractivity contribution is 0.0945. The van der Waals surface area contributed by atoms with Crippen molar-refractivity contribution in [3.8, 4) is 0 Å². The molecule has 0 aliphatic carbocycles. The Balaban J connectivity index is 1.47. The average Bonchev–Trinajstić information content (AvgIpc) is 2.67. The van der Waals surface area contributed by atoms with Crippen molar-refractivity contribution < 1.29 is 4.79 Å². The van der Waals surface area contributed by atoms with Crippen LogP contribution >= 0.6 is 11.6 Å². The van der Waals surface area contributed by atoms with Crippen molar-refractivity contribution in [3.63, 3.8) is 0 Å². The average molecular weight is 368 g/mol. The summed E-state index contributed by atoms with van der Waals surface area (Å²) in [6, 6.07) is 11.4. The lowest BCUT2D eigenvalue weighted by Gasteiger charge is -2.07. The van der Waals surface area contributed by atoms with E-state index in [2.05, 4.69) is 25.6 Å². The zero-order valence-electron chi connectivity index (χ0n) is 14.0. The maximum atomic E-state index is 12.1. The molecule has 1 amide bonds. The van der Waals surface area contributed by atoms with Gasteiger partial charge in [-0.15, -0.1) is 0 Å². The van der Waals surface area contributed by atoms with E-state index in [1.54, 1.807) is 18.6 Å². The third-order valence-corrected chi connectivity index (χ3v) is 3.93. The number of rotatable bonds is 7. The smallest absolute Gasteiger partial charge is 0.271 e. The van der Waals surface area contributed by atoms with E-state index in [0.717, 1.165) is 22.6 Å². The molecule has 26 heavy (non-hydrogen) atoms. The highest BCUT2D eigenvalue weighted by atomic mass is 35.5. The van der Waals surface area contributed by atoms with Crippen LogP contribution in [0.3, 0.4) is 0 Å². The Morgan fingerprint density at radius 1 is 1.04 bits per heavy atom. The molecular formula is C19H18ClN5O. The topological polar surface area (TPSA) is 79.8 Å². The third kappa shape index (κ3) is 5.26. The number of hydrogen-bond donors (Lipinski definition) is 2. The van der Waals surface area contributed by atoms with Crippen LogP contribution in [0, 0.1) is 0 Å². The van der Waals surface area contributed by atoms with Crippen LogP contribution in [0.2, 0.25) is 5.02 Å². The summed E-state index contributed by atoms with van der Waals surface area (Å²) in [4.78, 5) is 24.4. The standard InChI is InChI=1S/C19H18ClN5O/c20-16-3-1-2-14(10-16)6-9-22-18-13-23-17(12-24-18)19(26)25-11-15-4-7-21-8-5-15/h1-5,7-8,10,12-13H,6,9,11H2,(H,22,24)(H,25,26). The maximum Gasteiger partial charge on any atom is 0.271 e. The van der Waals surface area contributed by atoms with E-state index >= 15 is 0 Å². The molecule has 7 heteroatoms. The van der Waals surface area contributed by atoms with Gasteiger partial charge in [0.1, 0.15) is 11.5 Å². The van der Waals surface area contributed by atoms with E-state index in [-0.39, 0.29) is 11.6 Å². The molecule has 1 aromatic carbocycles. The summed E-state index contributed by atoms with van der Waals surface area (Å²) in [6.07, 6.45) is 7.20. The van der Waals surface area contributed by atoms with Crippen molar-refractivity contribution in [3.05, 3.63) is 83.0 Å². The summed E-state index contributed by atoms with van der Waals surface area (Å²) < 4.78 is 0. The van der Waals surface area contributed by atoms with Gasteiger partial charge in [0.25, 0.3) is 5.91 Å². The number of benzene rings is 1. The molecule has 0 saturated carbocycles. The Labute approximate surface area is 156 Å². The quantitative estimate of drug-likeness (QED) is 0.670. The first-order chi connectivity index (χ1) is 12.7. The minimum absolute atomic E-state index is 0.264. The van der Waals surface area contributed by atoms with Crippen LogP contribution in [0.5, 0.6) is 0 Å². The Bertz CT molecular complexity index is 855. The molecule has 0 fully saturated rings. The van der Waals surface area contributed by atoms with Crippen LogP contribution < -0.4 is 10.6 Å². The van der Waals surface area contributed by atoms with Crippen LogP contribution in [-0.2, 0) is 13.0 Å². The molecule has 0 radical (unpaired) electrons. The summed E-state index contributed by atoms with van der Waals surface area (Å²) in [5, 5.41) is 6.71. The fourth-order valence-corrected chi connectivity index (χ4v) is 2.55. The Morgan fingerprint density at radius 2 is 1.88 bits per heavy atom. The highest BCUT2D eigenvalue weighted by Gasteiger charge is 2.07. The van der Waals surface area contributed by atoms with Gasteiger partial charge in [-0.05, 0) is 41.8 Å². The fourth-order valence-electron chi connectivity index (χ4n) is 2.34. The molecule has 3 aromatic rings. The molecule has 0 unspecified atom stereocenters. The number of pyridine rings is 1. The molecule has 0 aliphatic rings. The van der Waals surface area contributed by atoms with E-state index in [1.807, 2.05) is 36.4 Å². The predicted octanol–water partition coefficient (Wildman–Crippen LogP) is 3.11. The molecule has 6 nitrogen and oxygen atoms in total. The van der Waals surface area contributed by atoms with Gasteiger partial charge in [-0.1, -0.05) is 23.7 Å². The molecule has 2 aromatic heterocycles. The predicted molar refractivity (Wildman–Crippen MR) is 101 cm³/mol. The summed E-state index contributed by atoms with van der Waals surface area (Å²) in [6.45, 7) is 1.12. The second-order valence-electron chi connectivity index (χ2n) is 5.63. The van der Waals surface area contributed by atoms with Gasteiger partial charge < -0.3 is 10.6 Å². The lowest BCUT2D eigenvalue weighted by atomic mass is 10.1. The monoisotopic (exact) mass is 367 g/mol. The van der Waals surface area contributed by atoms with E-state index < -0.39 is 0 Å². The first-order valence-electron chi connectivity index (χ1n) is 8.18. The Kier molecular flexibility index (Phi) is 6.11. The van der Waals surface area contributed by atoms with Crippen molar-refractivity contribution in [2.75, 3.05) is 11.9 Å². The summed E-state index contributed by atoms with van der Waals surface area (Å²) in [5.74, 6) is 0.359. The number of aromatic nitrogens is 3. The molecule has 0 aliphatic heterocycles. The lowest BCUT2D eigenvalue weighted by Crippen LogP contribution is -2.24. The van der Waals surface area contributed by atoms with Gasteiger partial charge in [0.05, 0.1) is 12.4 Å². The number of nitrogens with zero attached hydrogens (tertiary/aromatic N) is 3. The zero-order chi connectivity index (χ0) is 18.2. The number of anilines is 1. The van der Waals surface area contributed by atoms with Gasteiger partial charge >= 0.3 is 0 Å². The minimum atomic E-state index is -0.264. The first-order valence-corrected chi connectivity index (χ1v) is 8.56. The van der Waals surface area contributed by atoms with Gasteiger partial charge in [0.15, 0.2) is 0 Å². The van der Waals surface area contributed by atoms with E-state index in [9.17, 15) is 4.79 Å². The second kappa shape index (κ2) is 8.92. The highest BCUT2D eigenvalue weighted by molar-refractivity contribution is 6.30. The second-order valence-corrected chi connectivity index (χ2v) is 6.07. The summed E-state index contributed by atoms with van der Waals surface area (Å²) in [7, 11) is 0. The minimum Gasteiger partial charge on any atom is -0.368 e. The number of carbonyl (C=O) groups is 1. The Hall–Kier alpha value is -2.99. The van der Waals surface area contributed by atoms with Crippen LogP contribution in [0.15, 0.2) is 61.2 Å². The highest BCUT2D eigenvalue weighted by Crippen LogP contribution is 2.11. The molecule has 0 spiro atoms. The summed E-state index contributed by atoms with van der Waals surface area (Å²) >= 11 is 5.97. The van der Waals surface area contributed by atoms with Gasteiger partial charge in [0, 0.05) is 30.5 Å². The van der Waals surface area contributed by atoms with Crippen molar-refractivity contribution in [1.29, 1.82) is 0 Å². The molecular weight excluding hydrogens is 350 g/mol. The molecule has 0 bridgehead atoms. The largest absolute Gasteiger partial charge is 0.368 e. The van der Waals surface area contributed by atoms with E-state index in [0.29, 0.717) is 18.9 Å². The van der Waals surface area contributed by atoms with E-state index in [4.69, 9.17) is 11.6 Å². The number of hydrogen-bond acceptors (Lipinski definition) is 5. The zero-order valence-corrected chi connectivity index (χ0v) is 14.8. The van der Waals surface area contributed by atoms with Gasteiger partial charge in [0.2, 0.25) is 0 Å². The molecule has 2 heterocycles. The number of carbonyl (C=O) groups excluding carboxylic acids is 1. The molecule has 132 valence electrons. The van der Waals surface area contributed by atoms with Crippen LogP contribution in [-0.4, -0.2) is 27.4 Å². The van der Waals surface area contributed by atoms with E-state index in [1.165, 1.54) is 6.20 Å². The van der Waals surface area contributed by atoms with Crippen molar-refractivity contribution in [2.45, 2.75) is 13.0 Å². The number of amides is 1. The van der Waals surface area contributed by atoms with Crippen molar-refractivity contribution in [2.24, 2.45) is 0 Å². The molecule has 0 saturated heterocycles. The molecule has 0 atom stereocenters. The fraction of sp³-hybridized carbons (Fsp3) is 0.158. The van der Waals surface area contributed by atoms with Gasteiger partial charge in [-0.3, -0.25) is 9.78 Å². The normalized spacial score (nSPS) is 10.3.